The summed E-state index contributed by atoms with van der Waals surface area (Å²) in [5.41, 5.74) is 0.140. The van der Waals surface area contributed by atoms with Crippen molar-refractivity contribution in [2.24, 2.45) is 16.7 Å². The van der Waals surface area contributed by atoms with Crippen molar-refractivity contribution in [2.75, 3.05) is 6.61 Å². The summed E-state index contributed by atoms with van der Waals surface area (Å²) in [5, 5.41) is 0. The Morgan fingerprint density at radius 1 is 1.19 bits per heavy atom. The van der Waals surface area contributed by atoms with Crippen molar-refractivity contribution in [3.8, 4) is 0 Å². The lowest BCUT2D eigenvalue weighted by Gasteiger charge is -2.31. The number of hydrogen-bond acceptors (Lipinski definition) is 4. The second-order valence-electron chi connectivity index (χ2n) is 6.49. The predicted octanol–water partition coefficient (Wildman–Crippen LogP) is 3.03. The average molecular weight is 230 g/mol. The maximum absolute atomic E-state index is 5.08. The Kier molecular flexibility index (Phi) is 2.82. The van der Waals surface area contributed by atoms with E-state index in [9.17, 15) is 0 Å². The van der Waals surface area contributed by atoms with Gasteiger partial charge in [0.1, 0.15) is 0 Å². The molecule has 2 aliphatic rings. The van der Waals surface area contributed by atoms with Crippen molar-refractivity contribution in [1.29, 1.82) is 0 Å². The standard InChI is InChI=1S/C12H22O4/c1-9(6-7-10(2,3)4)11(5)8-13-14-12(11)15-16-12/h9H,6-8H2,1-5H3. The quantitative estimate of drug-likeness (QED) is 0.552. The van der Waals surface area contributed by atoms with Gasteiger partial charge in [0.2, 0.25) is 0 Å². The fourth-order valence-corrected chi connectivity index (χ4v) is 2.08. The summed E-state index contributed by atoms with van der Waals surface area (Å²) in [4.78, 5) is 20.1. The number of rotatable bonds is 3. The molecule has 0 N–H and O–H groups in total. The van der Waals surface area contributed by atoms with Gasteiger partial charge < -0.3 is 0 Å². The zero-order valence-corrected chi connectivity index (χ0v) is 10.8. The van der Waals surface area contributed by atoms with Gasteiger partial charge in [0.05, 0.1) is 12.0 Å². The summed E-state index contributed by atoms with van der Waals surface area (Å²) in [6.45, 7) is 11.6. The summed E-state index contributed by atoms with van der Waals surface area (Å²) in [6, 6.07) is 0. The van der Waals surface area contributed by atoms with Gasteiger partial charge in [-0.2, -0.15) is 14.7 Å². The van der Waals surface area contributed by atoms with Crippen LogP contribution in [0, 0.1) is 16.7 Å². The van der Waals surface area contributed by atoms with Crippen LogP contribution in [-0.4, -0.2) is 12.6 Å². The summed E-state index contributed by atoms with van der Waals surface area (Å²) in [6.07, 6.45) is 2.28. The van der Waals surface area contributed by atoms with Crippen LogP contribution < -0.4 is 0 Å². The van der Waals surface area contributed by atoms with Gasteiger partial charge in [-0.1, -0.05) is 27.7 Å². The van der Waals surface area contributed by atoms with E-state index in [4.69, 9.17) is 19.6 Å². The van der Waals surface area contributed by atoms with Crippen molar-refractivity contribution < 1.29 is 19.6 Å². The van der Waals surface area contributed by atoms with Gasteiger partial charge >= 0.3 is 5.97 Å². The third kappa shape index (κ3) is 1.99. The second kappa shape index (κ2) is 3.67. The lowest BCUT2D eigenvalue weighted by atomic mass is 9.73. The van der Waals surface area contributed by atoms with Gasteiger partial charge in [-0.3, -0.25) is 0 Å². The topological polar surface area (TPSA) is 43.5 Å². The Balaban J connectivity index is 1.96. The Morgan fingerprint density at radius 3 is 2.31 bits per heavy atom. The van der Waals surface area contributed by atoms with E-state index >= 15 is 0 Å². The van der Waals surface area contributed by atoms with E-state index in [0.29, 0.717) is 17.9 Å². The molecule has 0 aromatic heterocycles. The molecule has 0 radical (unpaired) electrons. The SMILES string of the molecule is CC(CCC(C)(C)C)C1(C)COOC12OO2. The van der Waals surface area contributed by atoms with Crippen molar-refractivity contribution in [3.05, 3.63) is 0 Å². The van der Waals surface area contributed by atoms with Crippen molar-refractivity contribution >= 4 is 0 Å². The van der Waals surface area contributed by atoms with Crippen LogP contribution in [0.4, 0.5) is 0 Å². The molecule has 2 fully saturated rings. The highest BCUT2D eigenvalue weighted by Crippen LogP contribution is 2.56. The molecule has 0 aromatic carbocycles. The number of hydrogen-bond donors (Lipinski definition) is 0. The average Bonchev–Trinajstić information content (AvgIpc) is 2.86. The molecule has 2 atom stereocenters. The molecule has 2 unspecified atom stereocenters. The van der Waals surface area contributed by atoms with E-state index < -0.39 is 5.97 Å². The Hall–Kier alpha value is -0.160. The third-order valence-corrected chi connectivity index (χ3v) is 3.88. The fraction of sp³-hybridized carbons (Fsp3) is 1.00. The van der Waals surface area contributed by atoms with E-state index in [1.807, 2.05) is 0 Å². The minimum Gasteiger partial charge on any atom is -0.230 e. The summed E-state index contributed by atoms with van der Waals surface area (Å²) in [7, 11) is 0. The molecule has 2 rings (SSSR count). The van der Waals surface area contributed by atoms with Crippen LogP contribution in [0.3, 0.4) is 0 Å². The maximum atomic E-state index is 5.08. The molecule has 2 saturated heterocycles. The molecule has 2 aliphatic heterocycles. The Labute approximate surface area is 97.1 Å². The molecule has 0 amide bonds. The van der Waals surface area contributed by atoms with E-state index in [-0.39, 0.29) is 5.41 Å². The minimum absolute atomic E-state index is 0.210. The van der Waals surface area contributed by atoms with Gasteiger partial charge in [0, 0.05) is 0 Å². The lowest BCUT2D eigenvalue weighted by molar-refractivity contribution is -0.316. The van der Waals surface area contributed by atoms with Crippen LogP contribution in [0.2, 0.25) is 0 Å². The van der Waals surface area contributed by atoms with Crippen LogP contribution in [0.5, 0.6) is 0 Å². The molecule has 16 heavy (non-hydrogen) atoms. The molecule has 4 nitrogen and oxygen atoms in total. The zero-order chi connectivity index (χ0) is 12.0. The highest BCUT2D eigenvalue weighted by Gasteiger charge is 2.72. The molecule has 2 heterocycles. The molecule has 4 heteroatoms. The predicted molar refractivity (Wildman–Crippen MR) is 57.9 cm³/mol. The van der Waals surface area contributed by atoms with Crippen molar-refractivity contribution in [2.45, 2.75) is 53.4 Å². The first-order valence-corrected chi connectivity index (χ1v) is 5.97. The van der Waals surface area contributed by atoms with Crippen LogP contribution in [-0.2, 0) is 19.6 Å². The molecule has 0 bridgehead atoms. The first kappa shape index (κ1) is 12.3. The van der Waals surface area contributed by atoms with Crippen molar-refractivity contribution in [3.63, 3.8) is 0 Å². The van der Waals surface area contributed by atoms with Gasteiger partial charge in [0.15, 0.2) is 0 Å². The second-order valence-corrected chi connectivity index (χ2v) is 6.49. The van der Waals surface area contributed by atoms with Gasteiger partial charge in [-0.15, -0.1) is 0 Å². The summed E-state index contributed by atoms with van der Waals surface area (Å²) < 4.78 is 0. The third-order valence-electron chi connectivity index (χ3n) is 3.88. The normalized spacial score (nSPS) is 34.3. The van der Waals surface area contributed by atoms with Crippen molar-refractivity contribution in [1.82, 2.24) is 0 Å². The van der Waals surface area contributed by atoms with E-state index in [2.05, 4.69) is 34.6 Å². The first-order valence-electron chi connectivity index (χ1n) is 5.97. The fourth-order valence-electron chi connectivity index (χ4n) is 2.08. The first-order chi connectivity index (χ1) is 7.29. The monoisotopic (exact) mass is 230 g/mol. The molecular formula is C12H22O4. The van der Waals surface area contributed by atoms with E-state index in [1.54, 1.807) is 0 Å². The molecular weight excluding hydrogens is 208 g/mol. The molecule has 0 aromatic rings. The van der Waals surface area contributed by atoms with Gasteiger partial charge in [0.25, 0.3) is 0 Å². The van der Waals surface area contributed by atoms with E-state index in [1.165, 1.54) is 6.42 Å². The Morgan fingerprint density at radius 2 is 1.81 bits per heavy atom. The maximum Gasteiger partial charge on any atom is 0.373 e. The highest BCUT2D eigenvalue weighted by molar-refractivity contribution is 4.93. The van der Waals surface area contributed by atoms with Crippen LogP contribution >= 0.6 is 0 Å². The zero-order valence-electron chi connectivity index (χ0n) is 10.8. The van der Waals surface area contributed by atoms with Crippen LogP contribution in [0.1, 0.15) is 47.5 Å². The molecule has 94 valence electrons. The summed E-state index contributed by atoms with van der Waals surface area (Å²) >= 11 is 0. The van der Waals surface area contributed by atoms with Gasteiger partial charge in [-0.25, -0.2) is 4.89 Å². The molecule has 1 spiro atoms. The lowest BCUT2D eigenvalue weighted by Crippen LogP contribution is -2.39. The highest BCUT2D eigenvalue weighted by atomic mass is 17.5. The molecule has 0 aliphatic carbocycles. The minimum atomic E-state index is -0.926. The summed E-state index contributed by atoms with van der Waals surface area (Å²) in [5.74, 6) is -0.499. The van der Waals surface area contributed by atoms with Gasteiger partial charge in [-0.05, 0) is 31.1 Å². The largest absolute Gasteiger partial charge is 0.373 e. The Bertz CT molecular complexity index is 267. The smallest absolute Gasteiger partial charge is 0.230 e. The van der Waals surface area contributed by atoms with Crippen LogP contribution in [0.25, 0.3) is 0 Å². The van der Waals surface area contributed by atoms with E-state index in [0.717, 1.165) is 6.42 Å². The van der Waals surface area contributed by atoms with Crippen LogP contribution in [0.15, 0.2) is 0 Å². The molecule has 0 saturated carbocycles.